The molecule has 34 heavy (non-hydrogen) atoms. The molecule has 0 unspecified atom stereocenters. The monoisotopic (exact) mass is 452 g/mol. The predicted molar refractivity (Wildman–Crippen MR) is 135 cm³/mol. The summed E-state index contributed by atoms with van der Waals surface area (Å²) in [6.45, 7) is 2.19. The van der Waals surface area contributed by atoms with Crippen molar-refractivity contribution in [2.75, 3.05) is 33.7 Å². The molecule has 0 bridgehead atoms. The second-order valence-electron chi connectivity index (χ2n) is 8.85. The van der Waals surface area contributed by atoms with Crippen LogP contribution >= 0.6 is 0 Å². The van der Waals surface area contributed by atoms with Gasteiger partial charge in [0.05, 0.1) is 17.1 Å². The lowest BCUT2D eigenvalue weighted by molar-refractivity contribution is -0.131. The third-order valence-corrected chi connectivity index (χ3v) is 6.03. The number of pyridine rings is 1. The molecule has 5 rings (SSSR count). The molecule has 0 radical (unpaired) electrons. The van der Waals surface area contributed by atoms with Crippen molar-refractivity contribution in [1.82, 2.24) is 19.4 Å². The minimum atomic E-state index is 0.0752. The smallest absolute Gasteiger partial charge is 0.246 e. The Labute approximate surface area is 199 Å². The number of carbonyl (C=O) groups is 1. The number of rotatable bonds is 7. The average molecular weight is 453 g/mol. The molecule has 1 fully saturated rings. The highest BCUT2D eigenvalue weighted by Gasteiger charge is 2.31. The number of carbonyl (C=O) groups excluding carboxylic acids is 1. The Balaban J connectivity index is 1.28. The van der Waals surface area contributed by atoms with Crippen molar-refractivity contribution in [3.05, 3.63) is 91.3 Å². The van der Waals surface area contributed by atoms with Crippen LogP contribution in [-0.4, -0.2) is 59.0 Å². The van der Waals surface area contributed by atoms with Crippen molar-refractivity contribution in [2.24, 2.45) is 0 Å². The van der Waals surface area contributed by atoms with Crippen molar-refractivity contribution in [1.29, 1.82) is 0 Å². The zero-order valence-corrected chi connectivity index (χ0v) is 19.5. The zero-order valence-electron chi connectivity index (χ0n) is 19.5. The van der Waals surface area contributed by atoms with Crippen molar-refractivity contribution in [3.63, 3.8) is 0 Å². The molecule has 1 amide bonds. The number of aromatic nitrogens is 2. The van der Waals surface area contributed by atoms with Gasteiger partial charge in [0.25, 0.3) is 0 Å². The molecule has 6 nitrogen and oxygen atoms in total. The van der Waals surface area contributed by atoms with Gasteiger partial charge in [0.2, 0.25) is 5.91 Å². The molecule has 0 saturated carbocycles. The Hall–Kier alpha value is -3.90. The molecule has 1 saturated heterocycles. The first-order valence-electron chi connectivity index (χ1n) is 11.5. The minimum Gasteiger partial charge on any atom is -0.457 e. The van der Waals surface area contributed by atoms with E-state index in [9.17, 15) is 4.79 Å². The number of amides is 1. The SMILES string of the molecule is CN(C)C/C=C/C(=O)N1CC(n2ccc3ncc(-c4ccc(Oc5ccccc5)cc4)cc32)C1. The van der Waals surface area contributed by atoms with Crippen LogP contribution in [0, 0.1) is 0 Å². The van der Waals surface area contributed by atoms with Crippen molar-refractivity contribution >= 4 is 16.9 Å². The maximum atomic E-state index is 12.4. The zero-order chi connectivity index (χ0) is 23.5. The number of ether oxygens (including phenoxy) is 1. The molecular formula is C28H28N4O2. The second-order valence-corrected chi connectivity index (χ2v) is 8.85. The summed E-state index contributed by atoms with van der Waals surface area (Å²) in [4.78, 5) is 20.9. The van der Waals surface area contributed by atoms with Crippen LogP contribution in [0.5, 0.6) is 11.5 Å². The number of fused-ring (bicyclic) bond motifs is 1. The van der Waals surface area contributed by atoms with E-state index >= 15 is 0 Å². The van der Waals surface area contributed by atoms with Gasteiger partial charge in [0.1, 0.15) is 11.5 Å². The first kappa shape index (κ1) is 21.9. The van der Waals surface area contributed by atoms with Crippen LogP contribution in [0.1, 0.15) is 6.04 Å². The first-order valence-corrected chi connectivity index (χ1v) is 11.5. The number of para-hydroxylation sites is 1. The summed E-state index contributed by atoms with van der Waals surface area (Å²) in [6.07, 6.45) is 7.57. The van der Waals surface area contributed by atoms with Gasteiger partial charge in [-0.05, 0) is 56.1 Å². The molecule has 172 valence electrons. The Morgan fingerprint density at radius 3 is 2.50 bits per heavy atom. The number of likely N-dealkylation sites (tertiary alicyclic amines) is 1. The van der Waals surface area contributed by atoms with Gasteiger partial charge in [0, 0.05) is 43.7 Å². The number of likely N-dealkylation sites (N-methyl/N-ethyl adjacent to an activating group) is 1. The van der Waals surface area contributed by atoms with Gasteiger partial charge in [0.15, 0.2) is 0 Å². The molecule has 2 aromatic carbocycles. The lowest BCUT2D eigenvalue weighted by atomic mass is 10.1. The fraction of sp³-hybridized carbons (Fsp3) is 0.214. The molecule has 1 aliphatic rings. The van der Waals surface area contributed by atoms with E-state index in [0.717, 1.165) is 40.2 Å². The van der Waals surface area contributed by atoms with Gasteiger partial charge in [-0.15, -0.1) is 0 Å². The summed E-state index contributed by atoms with van der Waals surface area (Å²) in [5.74, 6) is 1.69. The van der Waals surface area contributed by atoms with Crippen LogP contribution in [0.25, 0.3) is 22.2 Å². The van der Waals surface area contributed by atoms with Gasteiger partial charge in [-0.1, -0.05) is 36.4 Å². The van der Waals surface area contributed by atoms with Gasteiger partial charge in [-0.25, -0.2) is 0 Å². The summed E-state index contributed by atoms with van der Waals surface area (Å²) in [5.41, 5.74) is 4.18. The topological polar surface area (TPSA) is 50.6 Å². The Bertz CT molecular complexity index is 1300. The van der Waals surface area contributed by atoms with Crippen molar-refractivity contribution < 1.29 is 9.53 Å². The highest BCUT2D eigenvalue weighted by molar-refractivity contribution is 5.88. The van der Waals surface area contributed by atoms with E-state index in [4.69, 9.17) is 4.74 Å². The molecule has 6 heteroatoms. The van der Waals surface area contributed by atoms with E-state index in [1.807, 2.05) is 84.7 Å². The molecule has 0 spiro atoms. The largest absolute Gasteiger partial charge is 0.457 e. The summed E-state index contributed by atoms with van der Waals surface area (Å²) >= 11 is 0. The first-order chi connectivity index (χ1) is 16.6. The lowest BCUT2D eigenvalue weighted by Gasteiger charge is -2.39. The van der Waals surface area contributed by atoms with Crippen molar-refractivity contribution in [2.45, 2.75) is 6.04 Å². The van der Waals surface area contributed by atoms with E-state index in [1.165, 1.54) is 0 Å². The fourth-order valence-corrected chi connectivity index (χ4v) is 4.13. The van der Waals surface area contributed by atoms with Crippen LogP contribution in [0.15, 0.2) is 91.3 Å². The number of benzene rings is 2. The Morgan fingerprint density at radius 2 is 1.76 bits per heavy atom. The predicted octanol–water partition coefficient (Wildman–Crippen LogP) is 5.00. The maximum Gasteiger partial charge on any atom is 0.246 e. The molecule has 0 aliphatic carbocycles. The highest BCUT2D eigenvalue weighted by atomic mass is 16.5. The van der Waals surface area contributed by atoms with Crippen LogP contribution in [0.3, 0.4) is 0 Å². The van der Waals surface area contributed by atoms with E-state index < -0.39 is 0 Å². The molecule has 4 aromatic rings. The summed E-state index contributed by atoms with van der Waals surface area (Å²) < 4.78 is 8.15. The maximum absolute atomic E-state index is 12.4. The van der Waals surface area contributed by atoms with Gasteiger partial charge < -0.3 is 19.1 Å². The Kier molecular flexibility index (Phi) is 6.14. The fourth-order valence-electron chi connectivity index (χ4n) is 4.13. The van der Waals surface area contributed by atoms with Crippen LogP contribution in [0.2, 0.25) is 0 Å². The molecule has 3 heterocycles. The molecular weight excluding hydrogens is 424 g/mol. The van der Waals surface area contributed by atoms with E-state index in [1.54, 1.807) is 6.08 Å². The van der Waals surface area contributed by atoms with E-state index in [2.05, 4.69) is 33.9 Å². The van der Waals surface area contributed by atoms with Gasteiger partial charge >= 0.3 is 0 Å². The number of hydrogen-bond donors (Lipinski definition) is 0. The summed E-state index contributed by atoms with van der Waals surface area (Å²) in [5, 5.41) is 0. The van der Waals surface area contributed by atoms with Crippen LogP contribution in [-0.2, 0) is 4.79 Å². The number of nitrogens with zero attached hydrogens (tertiary/aromatic N) is 4. The molecule has 0 N–H and O–H groups in total. The third kappa shape index (κ3) is 4.72. The highest BCUT2D eigenvalue weighted by Crippen LogP contribution is 2.30. The van der Waals surface area contributed by atoms with E-state index in [-0.39, 0.29) is 11.9 Å². The lowest BCUT2D eigenvalue weighted by Crippen LogP contribution is -2.50. The van der Waals surface area contributed by atoms with Gasteiger partial charge in [-0.3, -0.25) is 9.78 Å². The van der Waals surface area contributed by atoms with Gasteiger partial charge in [-0.2, -0.15) is 0 Å². The third-order valence-electron chi connectivity index (χ3n) is 6.03. The summed E-state index contributed by atoms with van der Waals surface area (Å²) in [7, 11) is 3.97. The minimum absolute atomic E-state index is 0.0752. The van der Waals surface area contributed by atoms with E-state index in [0.29, 0.717) is 13.1 Å². The number of hydrogen-bond acceptors (Lipinski definition) is 4. The van der Waals surface area contributed by atoms with Crippen molar-refractivity contribution in [3.8, 4) is 22.6 Å². The van der Waals surface area contributed by atoms with Crippen LogP contribution in [0.4, 0.5) is 0 Å². The normalized spacial score (nSPS) is 14.1. The standard InChI is InChI=1S/C28H28N4O2/c1-30(2)15-6-9-28(33)31-19-23(20-31)32-16-14-26-27(32)17-22(18-29-26)21-10-12-25(13-11-21)34-24-7-4-3-5-8-24/h3-14,16-18,23H,15,19-20H2,1-2H3/b9-6+. The van der Waals surface area contributed by atoms with Crippen LogP contribution < -0.4 is 4.74 Å². The average Bonchev–Trinajstić information content (AvgIpc) is 3.22. The second kappa shape index (κ2) is 9.53. The molecule has 1 aliphatic heterocycles. The molecule has 2 aromatic heterocycles. The molecule has 0 atom stereocenters. The Morgan fingerprint density at radius 1 is 1.03 bits per heavy atom. The summed E-state index contributed by atoms with van der Waals surface area (Å²) in [6, 6.07) is 22.3. The quantitative estimate of drug-likeness (QED) is 0.371.